The molecular weight excluding hydrogens is 230 g/mol. The second-order valence-corrected chi connectivity index (χ2v) is 5.55. The zero-order valence-corrected chi connectivity index (χ0v) is 10.2. The van der Waals surface area contributed by atoms with Crippen molar-refractivity contribution >= 4 is 5.69 Å². The van der Waals surface area contributed by atoms with Crippen LogP contribution in [0, 0.1) is 11.8 Å². The highest BCUT2D eigenvalue weighted by Crippen LogP contribution is 2.48. The van der Waals surface area contributed by atoms with Crippen LogP contribution in [0.1, 0.15) is 32.1 Å². The van der Waals surface area contributed by atoms with Gasteiger partial charge in [-0.25, -0.2) is 15.1 Å². The fraction of sp³-hybridized carbons (Fsp3) is 0.667. The molecule has 2 heterocycles. The lowest BCUT2D eigenvalue weighted by molar-refractivity contribution is -0.153. The third-order valence-electron chi connectivity index (χ3n) is 4.52. The Morgan fingerprint density at radius 3 is 2.67 bits per heavy atom. The van der Waals surface area contributed by atoms with Gasteiger partial charge in [-0.2, -0.15) is 5.43 Å². The van der Waals surface area contributed by atoms with Gasteiger partial charge in [0.25, 0.3) is 0 Å². The molecule has 18 heavy (non-hydrogen) atoms. The predicted octanol–water partition coefficient (Wildman–Crippen LogP) is 1.14. The zero-order chi connectivity index (χ0) is 12.0. The molecule has 4 fully saturated rings. The summed E-state index contributed by atoms with van der Waals surface area (Å²) in [6, 6.07) is 0. The van der Waals surface area contributed by atoms with Gasteiger partial charge in [-0.05, 0) is 38.0 Å². The monoisotopic (exact) mass is 247 g/mol. The maximum atomic E-state index is 5.89. The van der Waals surface area contributed by atoms with Crippen LogP contribution in [0.4, 0.5) is 5.69 Å². The third kappa shape index (κ3) is 1.53. The number of hydrogen-bond acceptors (Lipinski definition) is 6. The van der Waals surface area contributed by atoms with Gasteiger partial charge in [-0.15, -0.1) is 0 Å². The zero-order valence-electron chi connectivity index (χ0n) is 10.2. The van der Waals surface area contributed by atoms with E-state index in [0.717, 1.165) is 18.0 Å². The molecule has 0 amide bonds. The number of aromatic nitrogens is 2. The molecule has 1 aromatic rings. The summed E-state index contributed by atoms with van der Waals surface area (Å²) in [5.41, 5.74) is 7.08. The summed E-state index contributed by atoms with van der Waals surface area (Å²) in [5, 5.41) is 1.79. The highest BCUT2D eigenvalue weighted by Gasteiger charge is 2.53. The van der Waals surface area contributed by atoms with Crippen molar-refractivity contribution in [2.75, 3.05) is 5.12 Å². The number of nitrogens with one attached hydrogen (secondary N) is 2. The van der Waals surface area contributed by atoms with E-state index in [4.69, 9.17) is 4.84 Å². The van der Waals surface area contributed by atoms with Crippen LogP contribution in [-0.2, 0) is 4.84 Å². The Morgan fingerprint density at radius 1 is 1.22 bits per heavy atom. The van der Waals surface area contributed by atoms with Gasteiger partial charge in [-0.3, -0.25) is 4.84 Å². The first-order valence-electron chi connectivity index (χ1n) is 6.62. The molecule has 3 aliphatic carbocycles. The van der Waals surface area contributed by atoms with Crippen LogP contribution in [0.3, 0.4) is 0 Å². The van der Waals surface area contributed by atoms with Crippen molar-refractivity contribution in [3.8, 4) is 0 Å². The van der Waals surface area contributed by atoms with Crippen molar-refractivity contribution in [3.63, 3.8) is 0 Å². The van der Waals surface area contributed by atoms with E-state index in [9.17, 15) is 0 Å². The first-order chi connectivity index (χ1) is 8.86. The molecule has 2 N–H and O–H groups in total. The predicted molar refractivity (Wildman–Crippen MR) is 64.7 cm³/mol. The lowest BCUT2D eigenvalue weighted by atomic mass is 9.66. The Labute approximate surface area is 106 Å². The van der Waals surface area contributed by atoms with Crippen LogP contribution >= 0.6 is 0 Å². The van der Waals surface area contributed by atoms with Crippen LogP contribution in [-0.4, -0.2) is 15.7 Å². The summed E-state index contributed by atoms with van der Waals surface area (Å²) in [6.07, 6.45) is 11.4. The molecule has 0 radical (unpaired) electrons. The first kappa shape index (κ1) is 10.7. The van der Waals surface area contributed by atoms with Crippen molar-refractivity contribution in [2.45, 2.75) is 37.8 Å². The minimum Gasteiger partial charge on any atom is -0.257 e. The van der Waals surface area contributed by atoms with E-state index in [2.05, 4.69) is 21.0 Å². The summed E-state index contributed by atoms with van der Waals surface area (Å²) < 4.78 is 0. The summed E-state index contributed by atoms with van der Waals surface area (Å²) >= 11 is 0. The minimum absolute atomic E-state index is 0.225. The largest absolute Gasteiger partial charge is 0.257 e. The summed E-state index contributed by atoms with van der Waals surface area (Å²) in [4.78, 5) is 13.9. The van der Waals surface area contributed by atoms with Gasteiger partial charge in [0.15, 0.2) is 5.72 Å². The highest BCUT2D eigenvalue weighted by molar-refractivity contribution is 5.39. The van der Waals surface area contributed by atoms with E-state index in [0.29, 0.717) is 5.92 Å². The summed E-state index contributed by atoms with van der Waals surface area (Å²) in [7, 11) is 0. The number of rotatable bonds is 1. The SMILES string of the molecule is c1ncc(N2NOC3(CC4CCC3CC4)N2)cn1. The molecule has 1 aromatic heterocycles. The smallest absolute Gasteiger partial charge is 0.163 e. The molecule has 0 aromatic carbocycles. The molecular formula is C12H17N5O. The molecule has 2 bridgehead atoms. The Morgan fingerprint density at radius 2 is 2.00 bits per heavy atom. The molecule has 4 aliphatic rings. The second-order valence-electron chi connectivity index (χ2n) is 5.55. The average Bonchev–Trinajstić information content (AvgIpc) is 2.85. The molecule has 1 atom stereocenters. The lowest BCUT2D eigenvalue weighted by Gasteiger charge is -2.47. The Hall–Kier alpha value is -1.24. The van der Waals surface area contributed by atoms with E-state index < -0.39 is 0 Å². The van der Waals surface area contributed by atoms with Crippen molar-refractivity contribution < 1.29 is 4.84 Å². The fourth-order valence-corrected chi connectivity index (χ4v) is 3.58. The van der Waals surface area contributed by atoms with E-state index in [1.807, 2.05) is 0 Å². The Balaban J connectivity index is 1.57. The number of anilines is 1. The van der Waals surface area contributed by atoms with Gasteiger partial charge >= 0.3 is 0 Å². The average molecular weight is 247 g/mol. The number of fused-ring (bicyclic) bond motifs is 2. The molecule has 6 heteroatoms. The van der Waals surface area contributed by atoms with Gasteiger partial charge in [0.1, 0.15) is 12.0 Å². The lowest BCUT2D eigenvalue weighted by Crippen LogP contribution is -2.57. The maximum absolute atomic E-state index is 5.89. The van der Waals surface area contributed by atoms with E-state index in [1.54, 1.807) is 17.5 Å². The topological polar surface area (TPSA) is 62.3 Å². The van der Waals surface area contributed by atoms with Crippen LogP contribution in [0.25, 0.3) is 0 Å². The van der Waals surface area contributed by atoms with Crippen molar-refractivity contribution in [1.82, 2.24) is 21.0 Å². The van der Waals surface area contributed by atoms with Crippen molar-refractivity contribution in [1.29, 1.82) is 0 Å². The van der Waals surface area contributed by atoms with Crippen LogP contribution < -0.4 is 16.1 Å². The van der Waals surface area contributed by atoms with E-state index in [-0.39, 0.29) is 5.72 Å². The number of hydrogen-bond donors (Lipinski definition) is 2. The molecule has 5 rings (SSSR count). The van der Waals surface area contributed by atoms with Gasteiger partial charge in [0.05, 0.1) is 12.4 Å². The van der Waals surface area contributed by atoms with Crippen LogP contribution in [0.2, 0.25) is 0 Å². The van der Waals surface area contributed by atoms with Crippen molar-refractivity contribution in [3.05, 3.63) is 18.7 Å². The minimum atomic E-state index is -0.225. The number of nitrogens with zero attached hydrogens (tertiary/aromatic N) is 3. The van der Waals surface area contributed by atoms with Gasteiger partial charge in [-0.1, -0.05) is 5.59 Å². The first-order valence-corrected chi connectivity index (χ1v) is 6.62. The molecule has 96 valence electrons. The Kier molecular flexibility index (Phi) is 2.30. The van der Waals surface area contributed by atoms with E-state index >= 15 is 0 Å². The van der Waals surface area contributed by atoms with Gasteiger partial charge in [0, 0.05) is 5.92 Å². The van der Waals surface area contributed by atoms with Gasteiger partial charge < -0.3 is 0 Å². The molecule has 3 saturated carbocycles. The van der Waals surface area contributed by atoms with Crippen LogP contribution in [0.15, 0.2) is 18.7 Å². The fourth-order valence-electron chi connectivity index (χ4n) is 3.58. The summed E-state index contributed by atoms with van der Waals surface area (Å²) in [5.74, 6) is 1.40. The molecule has 6 nitrogen and oxygen atoms in total. The molecule has 1 aliphatic heterocycles. The maximum Gasteiger partial charge on any atom is 0.163 e. The molecule has 1 saturated heterocycles. The third-order valence-corrected chi connectivity index (χ3v) is 4.52. The van der Waals surface area contributed by atoms with Crippen LogP contribution in [0.5, 0.6) is 0 Å². The van der Waals surface area contributed by atoms with Crippen molar-refractivity contribution in [2.24, 2.45) is 11.8 Å². The second kappa shape index (κ2) is 3.88. The molecule has 1 unspecified atom stereocenters. The van der Waals surface area contributed by atoms with E-state index in [1.165, 1.54) is 32.0 Å². The highest BCUT2D eigenvalue weighted by atomic mass is 16.7. The summed E-state index contributed by atoms with van der Waals surface area (Å²) in [6.45, 7) is 0. The normalized spacial score (nSPS) is 38.6. The number of hydrazine groups is 2. The Bertz CT molecular complexity index is 433. The standard InChI is InChI=1S/C12H17N5O/c1-3-10-4-2-9(1)5-12(10)15-17(16-18-12)11-6-13-8-14-7-11/h6-10,15-16H,1-5H2. The van der Waals surface area contributed by atoms with Gasteiger partial charge in [0.2, 0.25) is 0 Å². The quantitative estimate of drug-likeness (QED) is 0.776. The molecule has 1 spiro atoms.